The summed E-state index contributed by atoms with van der Waals surface area (Å²) < 4.78 is 11.2. The number of nitrogens with one attached hydrogen (secondary N) is 1. The standard InChI is InChI=1S/C48H72N6O6S/c1-47(2,3)36-54(35-39-24-25-42(61-39)44(56)51(8)28-18-29-52(9)46(58)60-48(4,5)6)30-17-11-14-23-43(55)50(7)33-34-53-31-26-38(27-32-53)59-45(57)49-41-22-16-15-21-40(41)37-19-12-10-13-20-37/h10,12-13,15-16,19-22,24-25,38H,11,14,17-18,23,26-36H2,1-9H3,(H,49,57). The van der Waals surface area contributed by atoms with Crippen LogP contribution in [0.4, 0.5) is 15.3 Å². The van der Waals surface area contributed by atoms with E-state index in [4.69, 9.17) is 9.47 Å². The second-order valence-corrected chi connectivity index (χ2v) is 19.8. The van der Waals surface area contributed by atoms with Crippen molar-refractivity contribution in [2.24, 2.45) is 5.41 Å². The average molecular weight is 861 g/mol. The van der Waals surface area contributed by atoms with Gasteiger partial charge in [0.2, 0.25) is 5.91 Å². The highest BCUT2D eigenvalue weighted by Gasteiger charge is 2.25. The topological polar surface area (TPSA) is 115 Å². The number of unbranched alkanes of at least 4 members (excludes halogenated alkanes) is 2. The fourth-order valence-electron chi connectivity index (χ4n) is 7.35. The molecule has 0 radical (unpaired) electrons. The minimum Gasteiger partial charge on any atom is -0.446 e. The molecule has 1 N–H and O–H groups in total. The van der Waals surface area contributed by atoms with Gasteiger partial charge in [0.15, 0.2) is 0 Å². The highest BCUT2D eigenvalue weighted by Crippen LogP contribution is 2.28. The summed E-state index contributed by atoms with van der Waals surface area (Å²) in [5.41, 5.74) is 2.29. The van der Waals surface area contributed by atoms with Crippen LogP contribution in [0.3, 0.4) is 0 Å². The minimum atomic E-state index is -0.545. The van der Waals surface area contributed by atoms with E-state index >= 15 is 0 Å². The lowest BCUT2D eigenvalue weighted by atomic mass is 9.96. The number of anilines is 1. The van der Waals surface area contributed by atoms with E-state index in [-0.39, 0.29) is 29.4 Å². The molecule has 4 rings (SSSR count). The summed E-state index contributed by atoms with van der Waals surface area (Å²) >= 11 is 1.55. The van der Waals surface area contributed by atoms with Gasteiger partial charge in [-0.05, 0) is 88.6 Å². The SMILES string of the molecule is CN(CCN1CCC(OC(=O)Nc2ccccc2-c2ccccc2)CC1)C(=O)CCCCCN(Cc1ccc(C(=O)N(C)CCCN(C)C(=O)OC(C)(C)C)s1)CC(C)(C)C. The van der Waals surface area contributed by atoms with Gasteiger partial charge < -0.3 is 29.1 Å². The maximum absolute atomic E-state index is 13.2. The van der Waals surface area contributed by atoms with Crippen molar-refractivity contribution in [1.82, 2.24) is 24.5 Å². The van der Waals surface area contributed by atoms with Gasteiger partial charge in [-0.25, -0.2) is 9.59 Å². The van der Waals surface area contributed by atoms with Gasteiger partial charge in [-0.3, -0.25) is 19.8 Å². The van der Waals surface area contributed by atoms with Crippen molar-refractivity contribution in [2.75, 3.05) is 78.8 Å². The van der Waals surface area contributed by atoms with Gasteiger partial charge in [-0.15, -0.1) is 11.3 Å². The van der Waals surface area contributed by atoms with Crippen molar-refractivity contribution in [1.29, 1.82) is 0 Å². The molecule has 1 saturated heterocycles. The second kappa shape index (κ2) is 23.7. The van der Waals surface area contributed by atoms with Crippen LogP contribution in [-0.2, 0) is 20.8 Å². The zero-order chi connectivity index (χ0) is 44.6. The molecule has 0 bridgehead atoms. The van der Waals surface area contributed by atoms with Crippen molar-refractivity contribution in [2.45, 2.75) is 105 Å². The predicted octanol–water partition coefficient (Wildman–Crippen LogP) is 9.32. The fraction of sp³-hybridized carbons (Fsp3) is 0.583. The van der Waals surface area contributed by atoms with Crippen LogP contribution in [0.1, 0.15) is 101 Å². The molecule has 3 aromatic rings. The molecule has 1 aliphatic rings. The Kier molecular flexibility index (Phi) is 19.1. The first kappa shape index (κ1) is 49.2. The zero-order valence-electron chi connectivity index (χ0n) is 38.3. The number of carbonyl (C=O) groups excluding carboxylic acids is 4. The summed E-state index contributed by atoms with van der Waals surface area (Å²) in [5.74, 6) is 0.166. The molecule has 0 spiro atoms. The molecule has 1 aliphatic heterocycles. The van der Waals surface area contributed by atoms with Gasteiger partial charge in [0, 0.05) is 90.4 Å². The van der Waals surface area contributed by atoms with Crippen LogP contribution in [-0.4, -0.2) is 134 Å². The second-order valence-electron chi connectivity index (χ2n) is 18.6. The number of benzene rings is 2. The molecule has 0 saturated carbocycles. The summed E-state index contributed by atoms with van der Waals surface area (Å²) in [6, 6.07) is 21.7. The van der Waals surface area contributed by atoms with E-state index in [1.165, 1.54) is 0 Å². The number of hydrogen-bond donors (Lipinski definition) is 1. The molecule has 336 valence electrons. The first-order valence-electron chi connectivity index (χ1n) is 22.0. The van der Waals surface area contributed by atoms with E-state index in [1.807, 2.05) is 100 Å². The fourth-order valence-corrected chi connectivity index (χ4v) is 8.39. The molecule has 4 amide bonds. The molecule has 1 fully saturated rings. The van der Waals surface area contributed by atoms with E-state index in [2.05, 4.69) is 42.0 Å². The smallest absolute Gasteiger partial charge is 0.411 e. The van der Waals surface area contributed by atoms with Crippen molar-refractivity contribution < 1.29 is 28.7 Å². The third-order valence-electron chi connectivity index (χ3n) is 10.6. The molecule has 2 heterocycles. The number of nitrogens with zero attached hydrogens (tertiary/aromatic N) is 5. The first-order valence-corrected chi connectivity index (χ1v) is 22.8. The quantitative estimate of drug-likeness (QED) is 0.112. The predicted molar refractivity (Wildman–Crippen MR) is 247 cm³/mol. The Morgan fingerprint density at radius 3 is 2.11 bits per heavy atom. The van der Waals surface area contributed by atoms with Crippen molar-refractivity contribution >= 4 is 41.0 Å². The number of hydrogen-bond acceptors (Lipinski definition) is 9. The lowest BCUT2D eigenvalue weighted by molar-refractivity contribution is -0.130. The summed E-state index contributed by atoms with van der Waals surface area (Å²) in [6.45, 7) is 19.1. The summed E-state index contributed by atoms with van der Waals surface area (Å²) in [6.07, 6.45) is 4.61. The summed E-state index contributed by atoms with van der Waals surface area (Å²) in [5, 5.41) is 2.95. The summed E-state index contributed by atoms with van der Waals surface area (Å²) in [4.78, 5) is 63.2. The van der Waals surface area contributed by atoms with Gasteiger partial charge >= 0.3 is 12.2 Å². The lowest BCUT2D eigenvalue weighted by Gasteiger charge is -2.32. The van der Waals surface area contributed by atoms with Gasteiger partial charge in [0.25, 0.3) is 5.91 Å². The first-order chi connectivity index (χ1) is 28.9. The molecule has 0 atom stereocenters. The van der Waals surface area contributed by atoms with Gasteiger partial charge in [0.1, 0.15) is 11.7 Å². The van der Waals surface area contributed by atoms with Crippen LogP contribution in [0.15, 0.2) is 66.7 Å². The number of likely N-dealkylation sites (tertiary alicyclic amines) is 1. The number of ether oxygens (including phenoxy) is 2. The van der Waals surface area contributed by atoms with Crippen LogP contribution < -0.4 is 5.32 Å². The molecule has 1 aromatic heterocycles. The van der Waals surface area contributed by atoms with Gasteiger partial charge in [-0.1, -0.05) is 75.7 Å². The molecule has 13 heteroatoms. The Labute approximate surface area is 369 Å². The molecule has 0 unspecified atom stereocenters. The number of amides is 4. The maximum Gasteiger partial charge on any atom is 0.411 e. The average Bonchev–Trinajstić information content (AvgIpc) is 3.67. The molecule has 12 nitrogen and oxygen atoms in total. The zero-order valence-corrected chi connectivity index (χ0v) is 39.2. The number of rotatable bonds is 20. The van der Waals surface area contributed by atoms with Crippen LogP contribution in [0, 0.1) is 5.41 Å². The Morgan fingerprint density at radius 1 is 0.754 bits per heavy atom. The van der Waals surface area contributed by atoms with Gasteiger partial charge in [-0.2, -0.15) is 0 Å². The van der Waals surface area contributed by atoms with E-state index in [0.29, 0.717) is 32.5 Å². The number of thiophene rings is 1. The molecular formula is C48H72N6O6S. The Balaban J connectivity index is 1.11. The number of para-hydroxylation sites is 1. The van der Waals surface area contributed by atoms with Crippen molar-refractivity contribution in [3.63, 3.8) is 0 Å². The van der Waals surface area contributed by atoms with Crippen LogP contribution in [0.2, 0.25) is 0 Å². The molecular weight excluding hydrogens is 789 g/mol. The Bertz CT molecular complexity index is 1830. The van der Waals surface area contributed by atoms with Crippen molar-refractivity contribution in [3.8, 4) is 11.1 Å². The third-order valence-corrected chi connectivity index (χ3v) is 11.6. The third kappa shape index (κ3) is 17.8. The largest absolute Gasteiger partial charge is 0.446 e. The van der Waals surface area contributed by atoms with Crippen molar-refractivity contribution in [3.05, 3.63) is 76.5 Å². The normalized spacial score (nSPS) is 13.8. The van der Waals surface area contributed by atoms with Crippen LogP contribution in [0.5, 0.6) is 0 Å². The van der Waals surface area contributed by atoms with E-state index < -0.39 is 11.7 Å². The molecule has 2 aromatic carbocycles. The molecule has 0 aliphatic carbocycles. The Hall–Kier alpha value is -4.46. The van der Waals surface area contributed by atoms with Crippen LogP contribution in [0.25, 0.3) is 11.1 Å². The van der Waals surface area contributed by atoms with E-state index in [0.717, 1.165) is 97.9 Å². The van der Waals surface area contributed by atoms with E-state index in [9.17, 15) is 19.2 Å². The monoisotopic (exact) mass is 861 g/mol. The maximum atomic E-state index is 13.2. The van der Waals surface area contributed by atoms with Gasteiger partial charge in [0.05, 0.1) is 10.6 Å². The Morgan fingerprint density at radius 2 is 1.43 bits per heavy atom. The summed E-state index contributed by atoms with van der Waals surface area (Å²) in [7, 11) is 5.42. The molecule has 61 heavy (non-hydrogen) atoms. The highest BCUT2D eigenvalue weighted by molar-refractivity contribution is 7.14. The number of piperidine rings is 1. The van der Waals surface area contributed by atoms with E-state index in [1.54, 1.807) is 28.2 Å². The number of likely N-dealkylation sites (N-methyl/N-ethyl adjacent to an activating group) is 1. The number of carbonyl (C=O) groups is 4. The lowest BCUT2D eigenvalue weighted by Crippen LogP contribution is -2.42. The minimum absolute atomic E-state index is 0.00827. The van der Waals surface area contributed by atoms with Crippen LogP contribution >= 0.6 is 11.3 Å². The highest BCUT2D eigenvalue weighted by atomic mass is 32.1.